The summed E-state index contributed by atoms with van der Waals surface area (Å²) in [4.78, 5) is 39.6. The molecule has 1 fully saturated rings. The molecule has 2 aromatic heterocycles. The van der Waals surface area contributed by atoms with Crippen molar-refractivity contribution < 1.29 is 9.53 Å². The molecule has 0 radical (unpaired) electrons. The number of hydrogen-bond acceptors (Lipinski definition) is 7. The first-order valence-corrected chi connectivity index (χ1v) is 14.2. The third-order valence-corrected chi connectivity index (χ3v) is 8.43. The van der Waals surface area contributed by atoms with Gasteiger partial charge in [0.1, 0.15) is 17.7 Å². The van der Waals surface area contributed by atoms with Crippen LogP contribution in [0.5, 0.6) is 5.75 Å². The molecule has 41 heavy (non-hydrogen) atoms. The Kier molecular flexibility index (Phi) is 5.97. The van der Waals surface area contributed by atoms with Crippen LogP contribution in [0.4, 0.5) is 17.3 Å². The molecule has 4 heterocycles. The lowest BCUT2D eigenvalue weighted by molar-refractivity contribution is -0.118. The zero-order valence-corrected chi connectivity index (χ0v) is 23.4. The van der Waals surface area contributed by atoms with Crippen molar-refractivity contribution in [2.45, 2.75) is 44.7 Å². The molecule has 1 spiro atoms. The minimum Gasteiger partial charge on any atom is -0.490 e. The van der Waals surface area contributed by atoms with Crippen LogP contribution in [0.1, 0.15) is 37.3 Å². The van der Waals surface area contributed by atoms with Crippen LogP contribution in [0.15, 0.2) is 60.0 Å². The van der Waals surface area contributed by atoms with E-state index in [1.807, 2.05) is 25.1 Å². The van der Waals surface area contributed by atoms with Crippen molar-refractivity contribution in [3.05, 3.63) is 76.7 Å². The maximum absolute atomic E-state index is 13.4. The number of nitrogens with one attached hydrogen (secondary N) is 1. The van der Waals surface area contributed by atoms with Gasteiger partial charge >= 0.3 is 0 Å². The Morgan fingerprint density at radius 1 is 1.22 bits per heavy atom. The third kappa shape index (κ3) is 4.21. The first-order valence-electron chi connectivity index (χ1n) is 14.2. The molecule has 10 heteroatoms. The number of fused-ring (bicyclic) bond motifs is 4. The Labute approximate surface area is 237 Å². The Bertz CT molecular complexity index is 1770. The number of likely N-dealkylation sites (N-methyl/N-ethyl adjacent to an activating group) is 1. The van der Waals surface area contributed by atoms with E-state index in [1.165, 1.54) is 24.0 Å². The van der Waals surface area contributed by atoms with Crippen molar-refractivity contribution in [1.82, 2.24) is 24.2 Å². The van der Waals surface area contributed by atoms with Gasteiger partial charge in [-0.2, -0.15) is 4.98 Å². The van der Waals surface area contributed by atoms with Gasteiger partial charge in [0.25, 0.3) is 5.56 Å². The lowest BCUT2D eigenvalue weighted by atomic mass is 9.87. The largest absolute Gasteiger partial charge is 0.490 e. The molecule has 7 rings (SSSR count). The standard InChI is InChI=1S/C31H33N7O3/c1-4-12-37-29(40)23-17-32-30(33-21-6-8-24-20(15-21)18-35(3)19-31(24)10-11-31)34-28(23)38(37)22-7-9-26-25(16-22)36(13-14-41-26)27(39)5-2/h4,6-9,15-17H,1,5,10-14,18-19H2,2-3H3,(H,32,33,34). The van der Waals surface area contributed by atoms with Crippen molar-refractivity contribution in [3.8, 4) is 11.4 Å². The molecule has 0 bridgehead atoms. The van der Waals surface area contributed by atoms with Crippen LogP contribution < -0.4 is 20.5 Å². The summed E-state index contributed by atoms with van der Waals surface area (Å²) in [5.74, 6) is 1.06. The molecule has 1 aliphatic carbocycles. The van der Waals surface area contributed by atoms with Gasteiger partial charge in [-0.3, -0.25) is 9.59 Å². The fraction of sp³-hybridized carbons (Fsp3) is 0.355. The number of carbonyl (C=O) groups is 1. The first-order chi connectivity index (χ1) is 19.9. The summed E-state index contributed by atoms with van der Waals surface area (Å²) in [5, 5.41) is 3.77. The number of rotatable bonds is 6. The van der Waals surface area contributed by atoms with Gasteiger partial charge in [0, 0.05) is 36.8 Å². The molecule has 210 valence electrons. The maximum Gasteiger partial charge on any atom is 0.278 e. The molecule has 0 unspecified atom stereocenters. The summed E-state index contributed by atoms with van der Waals surface area (Å²) >= 11 is 0. The van der Waals surface area contributed by atoms with Gasteiger partial charge in [0.15, 0.2) is 5.65 Å². The zero-order chi connectivity index (χ0) is 28.3. The van der Waals surface area contributed by atoms with Gasteiger partial charge < -0.3 is 19.9 Å². The molecule has 10 nitrogen and oxygen atoms in total. The van der Waals surface area contributed by atoms with E-state index >= 15 is 0 Å². The molecule has 1 N–H and O–H groups in total. The SMILES string of the molecule is C=CCn1c(=O)c2cnc(Nc3ccc4c(c3)CN(C)CC43CC3)nc2n1-c1ccc2c(c1)N(C(=O)CC)CCO2. The topological polar surface area (TPSA) is 97.5 Å². The lowest BCUT2D eigenvalue weighted by Gasteiger charge is -2.32. The van der Waals surface area contributed by atoms with Crippen LogP contribution in [0.2, 0.25) is 0 Å². The second-order valence-electron chi connectivity index (χ2n) is 11.3. The predicted molar refractivity (Wildman–Crippen MR) is 158 cm³/mol. The Morgan fingerprint density at radius 2 is 2.07 bits per heavy atom. The molecule has 1 saturated carbocycles. The highest BCUT2D eigenvalue weighted by Crippen LogP contribution is 2.52. The van der Waals surface area contributed by atoms with Crippen molar-refractivity contribution in [1.29, 1.82) is 0 Å². The zero-order valence-electron chi connectivity index (χ0n) is 23.4. The van der Waals surface area contributed by atoms with Gasteiger partial charge in [0.2, 0.25) is 11.9 Å². The van der Waals surface area contributed by atoms with Gasteiger partial charge in [-0.15, -0.1) is 6.58 Å². The van der Waals surface area contributed by atoms with Crippen LogP contribution in [-0.2, 0) is 23.3 Å². The molecular formula is C31H33N7O3. The second-order valence-corrected chi connectivity index (χ2v) is 11.3. The fourth-order valence-electron chi connectivity index (χ4n) is 6.40. The van der Waals surface area contributed by atoms with Crippen LogP contribution >= 0.6 is 0 Å². The average Bonchev–Trinajstić information content (AvgIpc) is 3.68. The van der Waals surface area contributed by atoms with E-state index in [0.29, 0.717) is 59.1 Å². The molecule has 3 aliphatic rings. The van der Waals surface area contributed by atoms with E-state index < -0.39 is 0 Å². The molecule has 0 atom stereocenters. The average molecular weight is 552 g/mol. The smallest absolute Gasteiger partial charge is 0.278 e. The Balaban J connectivity index is 1.30. The third-order valence-electron chi connectivity index (χ3n) is 8.43. The number of nitrogens with zero attached hydrogens (tertiary/aromatic N) is 6. The van der Waals surface area contributed by atoms with Crippen LogP contribution in [-0.4, -0.2) is 56.9 Å². The summed E-state index contributed by atoms with van der Waals surface area (Å²) in [6, 6.07) is 12.1. The number of allylic oxidation sites excluding steroid dienone is 1. The summed E-state index contributed by atoms with van der Waals surface area (Å²) in [6.07, 6.45) is 6.13. The molecule has 2 aliphatic heterocycles. The van der Waals surface area contributed by atoms with E-state index in [1.54, 1.807) is 26.5 Å². The van der Waals surface area contributed by atoms with Crippen molar-refractivity contribution >= 4 is 34.3 Å². The van der Waals surface area contributed by atoms with Crippen LogP contribution in [0.3, 0.4) is 0 Å². The monoisotopic (exact) mass is 551 g/mol. The minimum atomic E-state index is -0.214. The molecule has 0 saturated heterocycles. The quantitative estimate of drug-likeness (QED) is 0.360. The summed E-state index contributed by atoms with van der Waals surface area (Å²) < 4.78 is 9.18. The van der Waals surface area contributed by atoms with E-state index in [4.69, 9.17) is 9.72 Å². The highest BCUT2D eigenvalue weighted by atomic mass is 16.5. The number of anilines is 3. The predicted octanol–water partition coefficient (Wildman–Crippen LogP) is 4.12. The van der Waals surface area contributed by atoms with Gasteiger partial charge in [-0.25, -0.2) is 14.3 Å². The maximum atomic E-state index is 13.4. The number of hydrogen-bond donors (Lipinski definition) is 1. The number of amides is 1. The summed E-state index contributed by atoms with van der Waals surface area (Å²) in [6.45, 7) is 8.92. The number of aromatic nitrogens is 4. The normalized spacial score (nSPS) is 17.2. The molecule has 1 amide bonds. The Morgan fingerprint density at radius 3 is 2.85 bits per heavy atom. The number of carbonyl (C=O) groups excluding carboxylic acids is 1. The van der Waals surface area contributed by atoms with Crippen molar-refractivity contribution in [3.63, 3.8) is 0 Å². The highest BCUT2D eigenvalue weighted by Gasteiger charge is 2.48. The van der Waals surface area contributed by atoms with E-state index in [0.717, 1.165) is 18.8 Å². The van der Waals surface area contributed by atoms with Crippen LogP contribution in [0.25, 0.3) is 16.7 Å². The van der Waals surface area contributed by atoms with Gasteiger partial charge in [-0.05, 0) is 61.3 Å². The van der Waals surface area contributed by atoms with Crippen molar-refractivity contribution in [2.75, 3.05) is 37.0 Å². The Hall–Kier alpha value is -4.44. The first kappa shape index (κ1) is 25.5. The minimum absolute atomic E-state index is 0.0187. The molecule has 4 aromatic rings. The van der Waals surface area contributed by atoms with Gasteiger partial charge in [0.05, 0.1) is 24.5 Å². The fourth-order valence-corrected chi connectivity index (χ4v) is 6.40. The molecular weight excluding hydrogens is 518 g/mol. The number of benzene rings is 2. The number of ether oxygens (including phenoxy) is 1. The van der Waals surface area contributed by atoms with Crippen LogP contribution in [0, 0.1) is 0 Å². The highest BCUT2D eigenvalue weighted by molar-refractivity contribution is 5.95. The summed E-state index contributed by atoms with van der Waals surface area (Å²) in [7, 11) is 2.18. The van der Waals surface area contributed by atoms with Crippen molar-refractivity contribution in [2.24, 2.45) is 0 Å². The molecule has 2 aromatic carbocycles. The second kappa shape index (κ2) is 9.59. The summed E-state index contributed by atoms with van der Waals surface area (Å²) in [5.41, 5.74) is 5.64. The van der Waals surface area contributed by atoms with E-state index in [2.05, 4.69) is 47.0 Å². The van der Waals surface area contributed by atoms with Gasteiger partial charge in [-0.1, -0.05) is 19.1 Å². The lowest BCUT2D eigenvalue weighted by Crippen LogP contribution is -2.37. The van der Waals surface area contributed by atoms with E-state index in [-0.39, 0.29) is 18.0 Å². The van der Waals surface area contributed by atoms with E-state index in [9.17, 15) is 9.59 Å².